The lowest BCUT2D eigenvalue weighted by molar-refractivity contribution is 0.545. The van der Waals surface area contributed by atoms with Gasteiger partial charge in [-0.1, -0.05) is 36.4 Å². The first-order valence-corrected chi connectivity index (χ1v) is 12.4. The zero-order chi connectivity index (χ0) is 22.1. The van der Waals surface area contributed by atoms with Crippen molar-refractivity contribution < 1.29 is 16.8 Å². The number of sulfonamides is 2. The maximum absolute atomic E-state index is 12.9. The second kappa shape index (κ2) is 8.31. The standard InChI is InChI=1S/C21H20N4O4S2/c1-15(25-31(28,29)19-11-3-7-17-9-5-13-23-21(17)19)14-24-30(26,27)18-10-2-6-16-8-4-12-22-20(16)18/h2-13,15,24-25H,14H2,1H3. The molecule has 0 aliphatic rings. The molecule has 0 aliphatic heterocycles. The minimum absolute atomic E-state index is 0.0403. The Morgan fingerprint density at radius 2 is 1.23 bits per heavy atom. The summed E-state index contributed by atoms with van der Waals surface area (Å²) in [5.74, 6) is 0. The fraction of sp³-hybridized carbons (Fsp3) is 0.143. The van der Waals surface area contributed by atoms with Crippen LogP contribution in [0.5, 0.6) is 0 Å². The van der Waals surface area contributed by atoms with Crippen LogP contribution in [0, 0.1) is 0 Å². The molecule has 1 unspecified atom stereocenters. The summed E-state index contributed by atoms with van der Waals surface area (Å²) in [6.45, 7) is 1.45. The number of pyridine rings is 2. The molecule has 0 aliphatic carbocycles. The van der Waals surface area contributed by atoms with Crippen molar-refractivity contribution in [2.45, 2.75) is 22.8 Å². The largest absolute Gasteiger partial charge is 0.255 e. The lowest BCUT2D eigenvalue weighted by atomic mass is 10.2. The van der Waals surface area contributed by atoms with Crippen LogP contribution in [-0.4, -0.2) is 39.4 Å². The lowest BCUT2D eigenvalue weighted by Crippen LogP contribution is -2.41. The van der Waals surface area contributed by atoms with Crippen molar-refractivity contribution in [3.8, 4) is 0 Å². The smallest absolute Gasteiger partial charge is 0.243 e. The van der Waals surface area contributed by atoms with Gasteiger partial charge in [0.05, 0.1) is 11.0 Å². The fourth-order valence-electron chi connectivity index (χ4n) is 3.27. The van der Waals surface area contributed by atoms with Crippen molar-refractivity contribution in [1.82, 2.24) is 19.4 Å². The molecule has 31 heavy (non-hydrogen) atoms. The highest BCUT2D eigenvalue weighted by molar-refractivity contribution is 7.90. The third kappa shape index (κ3) is 4.42. The molecule has 4 rings (SSSR count). The van der Waals surface area contributed by atoms with E-state index in [1.54, 1.807) is 55.5 Å². The quantitative estimate of drug-likeness (QED) is 0.441. The van der Waals surface area contributed by atoms with E-state index in [9.17, 15) is 16.8 Å². The molecule has 0 spiro atoms. The Bertz CT molecular complexity index is 1460. The van der Waals surface area contributed by atoms with Crippen molar-refractivity contribution >= 4 is 41.9 Å². The SMILES string of the molecule is CC(CNS(=O)(=O)c1cccc2cccnc12)NS(=O)(=O)c1cccc2cccnc12. The van der Waals surface area contributed by atoms with Crippen molar-refractivity contribution in [3.05, 3.63) is 73.1 Å². The van der Waals surface area contributed by atoms with Gasteiger partial charge in [-0.3, -0.25) is 9.97 Å². The molecule has 0 amide bonds. The average Bonchev–Trinajstić information content (AvgIpc) is 2.76. The van der Waals surface area contributed by atoms with Crippen LogP contribution in [0.2, 0.25) is 0 Å². The summed E-state index contributed by atoms with van der Waals surface area (Å²) < 4.78 is 56.4. The maximum Gasteiger partial charge on any atom is 0.243 e. The molecule has 0 bridgehead atoms. The summed E-state index contributed by atoms with van der Waals surface area (Å²) in [4.78, 5) is 8.42. The summed E-state index contributed by atoms with van der Waals surface area (Å²) in [5, 5.41) is 1.39. The first-order chi connectivity index (χ1) is 14.8. The van der Waals surface area contributed by atoms with E-state index >= 15 is 0 Å². The Kier molecular flexibility index (Phi) is 5.71. The number of hydrogen-bond acceptors (Lipinski definition) is 6. The molecule has 10 heteroatoms. The van der Waals surface area contributed by atoms with E-state index in [0.717, 1.165) is 0 Å². The molecule has 2 aromatic heterocycles. The molecular weight excluding hydrogens is 436 g/mol. The number of nitrogens with zero attached hydrogens (tertiary/aromatic N) is 2. The molecule has 0 saturated heterocycles. The highest BCUT2D eigenvalue weighted by atomic mass is 32.2. The maximum atomic E-state index is 12.9. The molecular formula is C21H20N4O4S2. The van der Waals surface area contributed by atoms with Gasteiger partial charge in [0, 0.05) is 35.8 Å². The molecule has 0 saturated carbocycles. The first-order valence-electron chi connectivity index (χ1n) is 9.47. The highest BCUT2D eigenvalue weighted by Crippen LogP contribution is 2.22. The molecule has 4 aromatic rings. The van der Waals surface area contributed by atoms with Gasteiger partial charge in [-0.15, -0.1) is 0 Å². The fourth-order valence-corrected chi connectivity index (χ4v) is 6.00. The number of fused-ring (bicyclic) bond motifs is 2. The summed E-state index contributed by atoms with van der Waals surface area (Å²) in [5.41, 5.74) is 0.708. The van der Waals surface area contributed by atoms with Gasteiger partial charge in [-0.05, 0) is 31.2 Å². The van der Waals surface area contributed by atoms with E-state index in [1.165, 1.54) is 24.5 Å². The van der Waals surface area contributed by atoms with E-state index in [-0.39, 0.29) is 16.3 Å². The van der Waals surface area contributed by atoms with E-state index in [2.05, 4.69) is 19.4 Å². The van der Waals surface area contributed by atoms with Crippen LogP contribution in [0.1, 0.15) is 6.92 Å². The van der Waals surface area contributed by atoms with Crippen molar-refractivity contribution in [3.63, 3.8) is 0 Å². The summed E-state index contributed by atoms with van der Waals surface area (Å²) >= 11 is 0. The predicted molar refractivity (Wildman–Crippen MR) is 118 cm³/mol. The van der Waals surface area contributed by atoms with Crippen LogP contribution in [0.4, 0.5) is 0 Å². The number of benzene rings is 2. The number of rotatable bonds is 7. The summed E-state index contributed by atoms with van der Waals surface area (Å²) in [7, 11) is -7.81. The second-order valence-electron chi connectivity index (χ2n) is 7.04. The predicted octanol–water partition coefficient (Wildman–Crippen LogP) is 2.43. The monoisotopic (exact) mass is 456 g/mol. The second-order valence-corrected chi connectivity index (χ2v) is 10.5. The normalized spacial score (nSPS) is 13.5. The Morgan fingerprint density at radius 1 is 0.742 bits per heavy atom. The van der Waals surface area contributed by atoms with Crippen molar-refractivity contribution in [1.29, 1.82) is 0 Å². The Morgan fingerprint density at radius 3 is 1.77 bits per heavy atom. The first kappa shape index (κ1) is 21.3. The van der Waals surface area contributed by atoms with Gasteiger partial charge < -0.3 is 0 Å². The van der Waals surface area contributed by atoms with Crippen LogP contribution in [0.3, 0.4) is 0 Å². The van der Waals surface area contributed by atoms with E-state index < -0.39 is 26.1 Å². The zero-order valence-electron chi connectivity index (χ0n) is 16.6. The minimum atomic E-state index is -3.91. The van der Waals surface area contributed by atoms with Gasteiger partial charge in [0.25, 0.3) is 0 Å². The van der Waals surface area contributed by atoms with Gasteiger partial charge in [-0.2, -0.15) is 0 Å². The molecule has 160 valence electrons. The molecule has 0 fully saturated rings. The molecule has 2 aromatic carbocycles. The van der Waals surface area contributed by atoms with Gasteiger partial charge in [-0.25, -0.2) is 26.3 Å². The third-order valence-corrected chi connectivity index (χ3v) is 7.78. The van der Waals surface area contributed by atoms with Crippen molar-refractivity contribution in [2.75, 3.05) is 6.54 Å². The molecule has 1 atom stereocenters. The van der Waals surface area contributed by atoms with Crippen LogP contribution in [0.15, 0.2) is 82.8 Å². The average molecular weight is 457 g/mol. The van der Waals surface area contributed by atoms with Crippen molar-refractivity contribution in [2.24, 2.45) is 0 Å². The highest BCUT2D eigenvalue weighted by Gasteiger charge is 2.23. The lowest BCUT2D eigenvalue weighted by Gasteiger charge is -2.16. The molecule has 8 nitrogen and oxygen atoms in total. The van der Waals surface area contributed by atoms with Crippen LogP contribution in [0.25, 0.3) is 21.8 Å². The molecule has 0 radical (unpaired) electrons. The van der Waals surface area contributed by atoms with E-state index in [1.807, 2.05) is 0 Å². The topological polar surface area (TPSA) is 118 Å². The zero-order valence-corrected chi connectivity index (χ0v) is 18.2. The molecule has 2 N–H and O–H groups in total. The number of aromatic nitrogens is 2. The summed E-state index contributed by atoms with van der Waals surface area (Å²) in [6.07, 6.45) is 3.05. The van der Waals surface area contributed by atoms with Crippen LogP contribution < -0.4 is 9.44 Å². The van der Waals surface area contributed by atoms with Gasteiger partial charge in [0.1, 0.15) is 9.79 Å². The summed E-state index contributed by atoms with van der Waals surface area (Å²) in [6, 6.07) is 16.1. The van der Waals surface area contributed by atoms with Gasteiger partial charge in [0.2, 0.25) is 20.0 Å². The number of para-hydroxylation sites is 2. The number of hydrogen-bond donors (Lipinski definition) is 2. The van der Waals surface area contributed by atoms with E-state index in [4.69, 9.17) is 0 Å². The van der Waals surface area contributed by atoms with Gasteiger partial charge >= 0.3 is 0 Å². The Hall–Kier alpha value is -2.92. The van der Waals surface area contributed by atoms with Gasteiger partial charge in [0.15, 0.2) is 0 Å². The van der Waals surface area contributed by atoms with Crippen LogP contribution in [-0.2, 0) is 20.0 Å². The van der Waals surface area contributed by atoms with E-state index in [0.29, 0.717) is 21.8 Å². The Balaban J connectivity index is 1.53. The third-order valence-electron chi connectivity index (χ3n) is 4.71. The number of nitrogens with one attached hydrogen (secondary N) is 2. The molecule has 2 heterocycles. The Labute approximate surface area is 180 Å². The van der Waals surface area contributed by atoms with Crippen LogP contribution >= 0.6 is 0 Å². The minimum Gasteiger partial charge on any atom is -0.255 e.